The maximum atomic E-state index is 6.99. The maximum Gasteiger partial charge on any atom is 0.127 e. The first kappa shape index (κ1) is 76.7. The normalized spacial score (nSPS) is 12.3. The fourth-order valence-corrected chi connectivity index (χ4v) is 16.7. The molecule has 0 spiro atoms. The van der Waals surface area contributed by atoms with E-state index in [-0.39, 0.29) is 0 Å². The third-order valence-corrected chi connectivity index (χ3v) is 23.5. The number of aryl methyl sites for hydroxylation is 4. The maximum absolute atomic E-state index is 6.99. The Kier molecular flexibility index (Phi) is 25.2. The first-order valence-electron chi connectivity index (χ1n) is 42.1. The monoisotopic (exact) mass is 1460 g/mol. The molecule has 6 nitrogen and oxygen atoms in total. The standard InChI is InChI=1S/C104H116N2O4/c1-11-17-21-23-25-27-55-107-103-53-43-85(67-97(103)91-57-71(7)31-33-73(91)9)84-42-52-102-96(66-84)95-65-82(40-51-101(95)106(102)88-46-37-80-62-90(48-39-78(80)60-88)110-70-76(16-6)30-20-14-4)81-35-34-74(10)92(63-81)98-68-86(44-54-104(98)108-56-28-26-24-22-18-12-2)83-41-50-100-94(64-83)93-58-72(8)32-49-99(93)105(100)87-45-36-79-61-89(47-38-77(79)59-87)109-69-75(15-5)29-19-13-3/h31-54,57-68,75-76H,11-30,55-56,69-70H2,1-10H3. The Bertz CT molecular complexity index is 5510. The number of hydrogen-bond acceptors (Lipinski definition) is 4. The summed E-state index contributed by atoms with van der Waals surface area (Å²) in [5.41, 5.74) is 23.4. The van der Waals surface area contributed by atoms with Crippen LogP contribution in [-0.4, -0.2) is 35.6 Å². The van der Waals surface area contributed by atoms with Gasteiger partial charge in [0, 0.05) is 44.0 Å². The molecule has 0 saturated heterocycles. The number of nitrogens with zero attached hydrogens (tertiary/aromatic N) is 2. The van der Waals surface area contributed by atoms with E-state index in [9.17, 15) is 0 Å². The topological polar surface area (TPSA) is 46.8 Å². The predicted molar refractivity (Wildman–Crippen MR) is 472 cm³/mol. The Balaban J connectivity index is 0.849. The Labute approximate surface area is 655 Å². The van der Waals surface area contributed by atoms with Gasteiger partial charge in [0.2, 0.25) is 0 Å². The van der Waals surface area contributed by atoms with Crippen molar-refractivity contribution in [3.8, 4) is 90.0 Å². The molecular formula is C104H116N2O4. The molecule has 0 bridgehead atoms. The van der Waals surface area contributed by atoms with Gasteiger partial charge in [0.05, 0.1) is 48.5 Å². The molecule has 2 unspecified atom stereocenters. The van der Waals surface area contributed by atoms with Gasteiger partial charge in [-0.3, -0.25) is 0 Å². The zero-order chi connectivity index (χ0) is 76.0. The van der Waals surface area contributed by atoms with Crippen LogP contribution in [0.15, 0.2) is 218 Å². The Morgan fingerprint density at radius 1 is 0.273 bits per heavy atom. The molecule has 12 aromatic carbocycles. The molecule has 0 saturated carbocycles. The van der Waals surface area contributed by atoms with Crippen molar-refractivity contribution in [2.75, 3.05) is 26.4 Å². The lowest BCUT2D eigenvalue weighted by molar-refractivity contribution is 0.233. The second kappa shape index (κ2) is 36.2. The molecule has 14 aromatic rings. The molecule has 110 heavy (non-hydrogen) atoms. The predicted octanol–water partition coefficient (Wildman–Crippen LogP) is 30.4. The molecule has 2 heterocycles. The highest BCUT2D eigenvalue weighted by molar-refractivity contribution is 6.13. The minimum absolute atomic E-state index is 0.562. The highest BCUT2D eigenvalue weighted by Gasteiger charge is 2.22. The molecule has 0 aliphatic carbocycles. The van der Waals surface area contributed by atoms with E-state index < -0.39 is 0 Å². The summed E-state index contributed by atoms with van der Waals surface area (Å²) in [6.07, 6.45) is 24.1. The number of fused-ring (bicyclic) bond motifs is 8. The molecule has 0 fully saturated rings. The second-order valence-corrected chi connectivity index (χ2v) is 31.7. The van der Waals surface area contributed by atoms with Crippen molar-refractivity contribution in [2.45, 2.75) is 198 Å². The van der Waals surface area contributed by atoms with E-state index in [0.29, 0.717) is 25.0 Å². The smallest absolute Gasteiger partial charge is 0.127 e. The summed E-state index contributed by atoms with van der Waals surface area (Å²) in [6.45, 7) is 25.5. The summed E-state index contributed by atoms with van der Waals surface area (Å²) in [6, 6.07) is 82.9. The van der Waals surface area contributed by atoms with Gasteiger partial charge >= 0.3 is 0 Å². The van der Waals surface area contributed by atoms with Crippen LogP contribution in [0.3, 0.4) is 0 Å². The molecular weight excluding hydrogens is 1340 g/mol. The van der Waals surface area contributed by atoms with Crippen molar-refractivity contribution in [1.29, 1.82) is 0 Å². The van der Waals surface area contributed by atoms with Gasteiger partial charge in [-0.25, -0.2) is 0 Å². The Hall–Kier alpha value is -10.0. The molecule has 2 atom stereocenters. The number of hydrogen-bond donors (Lipinski definition) is 0. The van der Waals surface area contributed by atoms with Crippen molar-refractivity contribution in [3.63, 3.8) is 0 Å². The van der Waals surface area contributed by atoms with Crippen LogP contribution in [0.4, 0.5) is 0 Å². The van der Waals surface area contributed by atoms with Crippen LogP contribution in [-0.2, 0) is 0 Å². The molecule has 0 amide bonds. The highest BCUT2D eigenvalue weighted by Crippen LogP contribution is 2.45. The highest BCUT2D eigenvalue weighted by atomic mass is 16.5. The van der Waals surface area contributed by atoms with Gasteiger partial charge in [-0.05, 0) is 270 Å². The van der Waals surface area contributed by atoms with Crippen molar-refractivity contribution in [1.82, 2.24) is 9.13 Å². The third-order valence-electron chi connectivity index (χ3n) is 23.5. The van der Waals surface area contributed by atoms with Crippen LogP contribution in [0.2, 0.25) is 0 Å². The van der Waals surface area contributed by atoms with E-state index in [1.165, 1.54) is 184 Å². The average molecular weight is 1460 g/mol. The quantitative estimate of drug-likeness (QED) is 0.0364. The zero-order valence-electron chi connectivity index (χ0n) is 67.4. The van der Waals surface area contributed by atoms with Crippen LogP contribution in [0.1, 0.15) is 192 Å². The first-order valence-corrected chi connectivity index (χ1v) is 42.1. The molecule has 566 valence electrons. The van der Waals surface area contributed by atoms with Crippen molar-refractivity contribution < 1.29 is 18.9 Å². The van der Waals surface area contributed by atoms with Gasteiger partial charge in [0.15, 0.2) is 0 Å². The van der Waals surface area contributed by atoms with Gasteiger partial charge in [-0.2, -0.15) is 0 Å². The minimum atomic E-state index is 0.562. The minimum Gasteiger partial charge on any atom is -0.493 e. The van der Waals surface area contributed by atoms with Crippen LogP contribution in [0, 0.1) is 39.5 Å². The summed E-state index contributed by atoms with van der Waals surface area (Å²) in [5, 5.41) is 9.60. The number of unbranched alkanes of at least 4 members (excludes halogenated alkanes) is 12. The fraction of sp³-hybridized carbons (Fsp3) is 0.346. The lowest BCUT2D eigenvalue weighted by Gasteiger charge is -2.17. The van der Waals surface area contributed by atoms with Gasteiger partial charge in [0.1, 0.15) is 23.0 Å². The number of aromatic nitrogens is 2. The van der Waals surface area contributed by atoms with Crippen LogP contribution in [0.5, 0.6) is 23.0 Å². The largest absolute Gasteiger partial charge is 0.493 e. The molecule has 0 radical (unpaired) electrons. The van der Waals surface area contributed by atoms with Crippen molar-refractivity contribution in [2.24, 2.45) is 11.8 Å². The van der Waals surface area contributed by atoms with Crippen molar-refractivity contribution in [3.05, 3.63) is 241 Å². The Morgan fingerprint density at radius 2 is 0.618 bits per heavy atom. The molecule has 0 aliphatic heterocycles. The van der Waals surface area contributed by atoms with E-state index in [0.717, 1.165) is 135 Å². The molecule has 6 heteroatoms. The average Bonchev–Trinajstić information content (AvgIpc) is 1.58. The van der Waals surface area contributed by atoms with Gasteiger partial charge in [-0.15, -0.1) is 0 Å². The van der Waals surface area contributed by atoms with E-state index in [1.807, 2.05) is 0 Å². The third kappa shape index (κ3) is 17.4. The number of ether oxygens (including phenoxy) is 4. The van der Waals surface area contributed by atoms with Gasteiger partial charge in [0.25, 0.3) is 0 Å². The van der Waals surface area contributed by atoms with E-state index in [2.05, 4.69) is 297 Å². The van der Waals surface area contributed by atoms with Crippen molar-refractivity contribution >= 4 is 65.2 Å². The number of benzene rings is 12. The Morgan fingerprint density at radius 3 is 1.07 bits per heavy atom. The summed E-state index contributed by atoms with van der Waals surface area (Å²) in [5.74, 6) is 4.88. The second-order valence-electron chi connectivity index (χ2n) is 31.7. The fourth-order valence-electron chi connectivity index (χ4n) is 16.7. The summed E-state index contributed by atoms with van der Waals surface area (Å²) in [7, 11) is 0. The molecule has 0 N–H and O–H groups in total. The van der Waals surface area contributed by atoms with Gasteiger partial charge in [-0.1, -0.05) is 246 Å². The summed E-state index contributed by atoms with van der Waals surface area (Å²) < 4.78 is 31.6. The molecule has 14 rings (SSSR count). The van der Waals surface area contributed by atoms with Crippen LogP contribution >= 0.6 is 0 Å². The lowest BCUT2D eigenvalue weighted by Crippen LogP contribution is -2.11. The zero-order valence-corrected chi connectivity index (χ0v) is 67.4. The summed E-state index contributed by atoms with van der Waals surface area (Å²) >= 11 is 0. The van der Waals surface area contributed by atoms with E-state index in [1.54, 1.807) is 0 Å². The number of rotatable bonds is 37. The van der Waals surface area contributed by atoms with E-state index >= 15 is 0 Å². The van der Waals surface area contributed by atoms with Crippen LogP contribution < -0.4 is 18.9 Å². The molecule has 0 aliphatic rings. The first-order chi connectivity index (χ1) is 53.9. The molecule has 2 aromatic heterocycles. The van der Waals surface area contributed by atoms with E-state index in [4.69, 9.17) is 18.9 Å². The SMILES string of the molecule is CCCCCCCCOc1ccc(-c2ccc3c(c2)c2cc(-c4ccc(C)c(-c5cc(-c6ccc7c(c6)c6cc(C)ccc6n7-c6ccc7cc(OCC(CC)CCCC)ccc7c6)ccc5OCCCCCCCC)c4)ccc2n3-c2ccc3cc(OCC(CC)CCCC)ccc3c2)cc1-c1cc(C)ccc1C. The lowest BCUT2D eigenvalue weighted by atomic mass is 9.91. The van der Waals surface area contributed by atoms with Gasteiger partial charge < -0.3 is 28.1 Å². The van der Waals surface area contributed by atoms with Crippen LogP contribution in [0.25, 0.3) is 132 Å². The summed E-state index contributed by atoms with van der Waals surface area (Å²) in [4.78, 5) is 0.